The summed E-state index contributed by atoms with van der Waals surface area (Å²) < 4.78 is 34.7. The van der Waals surface area contributed by atoms with Gasteiger partial charge in [-0.2, -0.15) is 0 Å². The van der Waals surface area contributed by atoms with Crippen LogP contribution in [0, 0.1) is 0 Å². The minimum absolute atomic E-state index is 0.345. The molecule has 0 saturated carbocycles. The molecule has 8 heteroatoms. The van der Waals surface area contributed by atoms with Gasteiger partial charge in [-0.15, -0.1) is 0 Å². The van der Waals surface area contributed by atoms with Crippen molar-refractivity contribution in [2.24, 2.45) is 0 Å². The molecule has 0 unspecified atom stereocenters. The zero-order chi connectivity index (χ0) is 15.4. The Hall–Kier alpha value is -1.38. The number of hydrogen-bond acceptors (Lipinski definition) is 6. The predicted octanol–water partition coefficient (Wildman–Crippen LogP) is 0.484. The van der Waals surface area contributed by atoms with Gasteiger partial charge in [0.1, 0.15) is 12.0 Å². The van der Waals surface area contributed by atoms with Gasteiger partial charge in [-0.3, -0.25) is 0 Å². The lowest BCUT2D eigenvalue weighted by Crippen LogP contribution is -2.49. The number of nitrogens with one attached hydrogen (secondary N) is 2. The Labute approximate surface area is 118 Å². The van der Waals surface area contributed by atoms with E-state index in [4.69, 9.17) is 4.42 Å². The van der Waals surface area contributed by atoms with Crippen LogP contribution in [0.1, 0.15) is 30.0 Å². The van der Waals surface area contributed by atoms with Crippen molar-refractivity contribution in [3.63, 3.8) is 0 Å². The fourth-order valence-corrected chi connectivity index (χ4v) is 2.81. The molecule has 0 bridgehead atoms. The molecule has 0 radical (unpaired) electrons. The fraction of sp³-hybridized carbons (Fsp3) is 0.583. The lowest BCUT2D eigenvalue weighted by molar-refractivity contribution is 0.0600. The highest BCUT2D eigenvalue weighted by Crippen LogP contribution is 2.09. The van der Waals surface area contributed by atoms with Crippen LogP contribution >= 0.6 is 0 Å². The van der Waals surface area contributed by atoms with Gasteiger partial charge >= 0.3 is 5.97 Å². The van der Waals surface area contributed by atoms with E-state index in [1.165, 1.54) is 13.4 Å². The molecule has 20 heavy (non-hydrogen) atoms. The first-order valence-electron chi connectivity index (χ1n) is 5.98. The first kappa shape index (κ1) is 16.7. The average molecular weight is 304 g/mol. The van der Waals surface area contributed by atoms with E-state index in [2.05, 4.69) is 14.8 Å². The van der Waals surface area contributed by atoms with Crippen LogP contribution in [0.25, 0.3) is 0 Å². The number of hydrogen-bond donors (Lipinski definition) is 2. The molecule has 0 fully saturated rings. The highest BCUT2D eigenvalue weighted by molar-refractivity contribution is 7.88. The van der Waals surface area contributed by atoms with Crippen LogP contribution in [-0.4, -0.2) is 39.8 Å². The maximum atomic E-state index is 11.2. The predicted molar refractivity (Wildman–Crippen MR) is 73.8 cm³/mol. The lowest BCUT2D eigenvalue weighted by Gasteiger charge is -2.25. The third-order valence-electron chi connectivity index (χ3n) is 2.40. The van der Waals surface area contributed by atoms with E-state index in [1.807, 2.05) is 0 Å². The second-order valence-corrected chi connectivity index (χ2v) is 6.90. The molecule has 0 aliphatic heterocycles. The molecule has 1 heterocycles. The zero-order valence-corrected chi connectivity index (χ0v) is 12.8. The number of furan rings is 1. The molecule has 0 aromatic carbocycles. The average Bonchev–Trinajstić information content (AvgIpc) is 2.73. The van der Waals surface area contributed by atoms with Crippen molar-refractivity contribution in [1.29, 1.82) is 0 Å². The summed E-state index contributed by atoms with van der Waals surface area (Å²) in [5.41, 5.74) is -0.274. The third-order valence-corrected chi connectivity index (χ3v) is 3.33. The topological polar surface area (TPSA) is 97.6 Å². The number of sulfonamides is 1. The molecule has 1 rings (SSSR count). The monoisotopic (exact) mass is 304 g/mol. The van der Waals surface area contributed by atoms with Gasteiger partial charge in [-0.05, 0) is 19.9 Å². The second kappa shape index (κ2) is 6.38. The van der Waals surface area contributed by atoms with Crippen LogP contribution in [0.4, 0.5) is 0 Å². The summed E-state index contributed by atoms with van der Waals surface area (Å²) in [6, 6.07) is 1.58. The van der Waals surface area contributed by atoms with Crippen molar-refractivity contribution >= 4 is 16.0 Å². The molecular weight excluding hydrogens is 284 g/mol. The minimum atomic E-state index is -3.26. The van der Waals surface area contributed by atoms with Crippen LogP contribution in [0.3, 0.4) is 0 Å². The van der Waals surface area contributed by atoms with Crippen molar-refractivity contribution in [2.45, 2.75) is 25.9 Å². The second-order valence-electron chi connectivity index (χ2n) is 5.15. The molecule has 0 atom stereocenters. The molecule has 0 spiro atoms. The molecule has 2 N–H and O–H groups in total. The van der Waals surface area contributed by atoms with Crippen molar-refractivity contribution in [2.75, 3.05) is 19.9 Å². The van der Waals surface area contributed by atoms with Crippen LogP contribution < -0.4 is 10.0 Å². The van der Waals surface area contributed by atoms with E-state index in [0.29, 0.717) is 24.4 Å². The molecule has 1 aromatic rings. The smallest absolute Gasteiger partial charge is 0.341 e. The summed E-state index contributed by atoms with van der Waals surface area (Å²) in [5, 5.41) is 3.06. The largest absolute Gasteiger partial charge is 0.467 e. The van der Waals surface area contributed by atoms with Gasteiger partial charge in [-0.25, -0.2) is 17.9 Å². The lowest BCUT2D eigenvalue weighted by atomic mass is 10.1. The van der Waals surface area contributed by atoms with E-state index in [-0.39, 0.29) is 0 Å². The number of carbonyl (C=O) groups excluding carboxylic acids is 1. The van der Waals surface area contributed by atoms with Gasteiger partial charge in [-0.1, -0.05) is 0 Å². The highest BCUT2D eigenvalue weighted by Gasteiger charge is 2.21. The van der Waals surface area contributed by atoms with Crippen LogP contribution in [-0.2, 0) is 21.3 Å². The Balaban J connectivity index is 2.48. The summed E-state index contributed by atoms with van der Waals surface area (Å²) in [5.74, 6) is 0.111. The molecule has 114 valence electrons. The van der Waals surface area contributed by atoms with E-state index in [0.717, 1.165) is 6.26 Å². The zero-order valence-electron chi connectivity index (χ0n) is 12.0. The van der Waals surface area contributed by atoms with Crippen LogP contribution in [0.2, 0.25) is 0 Å². The maximum absolute atomic E-state index is 11.2. The maximum Gasteiger partial charge on any atom is 0.341 e. The molecule has 0 aliphatic rings. The quantitative estimate of drug-likeness (QED) is 0.711. The number of rotatable bonds is 7. The molecule has 0 saturated heterocycles. The van der Waals surface area contributed by atoms with Gasteiger partial charge in [0.05, 0.1) is 25.5 Å². The first-order chi connectivity index (χ1) is 9.13. The molecule has 0 aliphatic carbocycles. The number of methoxy groups -OCH3 is 1. The van der Waals surface area contributed by atoms with Crippen molar-refractivity contribution in [3.05, 3.63) is 23.7 Å². The SMILES string of the molecule is COC(=O)c1coc(CNCC(C)(C)NS(C)(=O)=O)c1. The van der Waals surface area contributed by atoms with Gasteiger partial charge < -0.3 is 14.5 Å². The van der Waals surface area contributed by atoms with Gasteiger partial charge in [0, 0.05) is 12.1 Å². The number of esters is 1. The number of carbonyl (C=O) groups is 1. The summed E-state index contributed by atoms with van der Waals surface area (Å²) in [4.78, 5) is 11.2. The van der Waals surface area contributed by atoms with Gasteiger partial charge in [0.25, 0.3) is 0 Å². The summed E-state index contributed by atoms with van der Waals surface area (Å²) in [6.45, 7) is 4.33. The summed E-state index contributed by atoms with van der Waals surface area (Å²) in [6.07, 6.45) is 2.44. The fourth-order valence-electron chi connectivity index (χ4n) is 1.73. The number of ether oxygens (including phenoxy) is 1. The van der Waals surface area contributed by atoms with E-state index in [1.54, 1.807) is 19.9 Å². The Morgan fingerprint density at radius 3 is 2.65 bits per heavy atom. The van der Waals surface area contributed by atoms with E-state index >= 15 is 0 Å². The van der Waals surface area contributed by atoms with Crippen LogP contribution in [0.15, 0.2) is 16.7 Å². The Kier molecular flexibility index (Phi) is 5.32. The molecule has 0 amide bonds. The molecule has 1 aromatic heterocycles. The molecule has 7 nitrogen and oxygen atoms in total. The summed E-state index contributed by atoms with van der Waals surface area (Å²) >= 11 is 0. The normalized spacial score (nSPS) is 12.4. The van der Waals surface area contributed by atoms with Crippen molar-refractivity contribution < 1.29 is 22.4 Å². The standard InChI is InChI=1S/C12H20N2O5S/c1-12(2,14-20(4,16)17)8-13-6-10-5-9(7-19-10)11(15)18-3/h5,7,13-14H,6,8H2,1-4H3. The van der Waals surface area contributed by atoms with Crippen molar-refractivity contribution in [1.82, 2.24) is 10.0 Å². The Bertz CT molecular complexity index is 562. The Morgan fingerprint density at radius 2 is 2.10 bits per heavy atom. The first-order valence-corrected chi connectivity index (χ1v) is 7.87. The highest BCUT2D eigenvalue weighted by atomic mass is 32.2. The van der Waals surface area contributed by atoms with Crippen molar-refractivity contribution in [3.8, 4) is 0 Å². The van der Waals surface area contributed by atoms with E-state index < -0.39 is 21.5 Å². The van der Waals surface area contributed by atoms with Gasteiger partial charge in [0.15, 0.2) is 0 Å². The van der Waals surface area contributed by atoms with Crippen LogP contribution in [0.5, 0.6) is 0 Å². The summed E-state index contributed by atoms with van der Waals surface area (Å²) in [7, 11) is -1.96. The Morgan fingerprint density at radius 1 is 1.45 bits per heavy atom. The van der Waals surface area contributed by atoms with E-state index in [9.17, 15) is 13.2 Å². The third kappa shape index (κ3) is 5.72. The van der Waals surface area contributed by atoms with Gasteiger partial charge in [0.2, 0.25) is 10.0 Å². The molecular formula is C12H20N2O5S. The minimum Gasteiger partial charge on any atom is -0.467 e.